The number of hydrogen-bond acceptors (Lipinski definition) is 3. The molecule has 1 aliphatic heterocycles. The first kappa shape index (κ1) is 15.5. The molecule has 2 rings (SSSR count). The fourth-order valence-electron chi connectivity index (χ4n) is 2.97. The highest BCUT2D eigenvalue weighted by atomic mass is 15.3. The van der Waals surface area contributed by atoms with Gasteiger partial charge in [-0.1, -0.05) is 37.3 Å². The molecule has 20 heavy (non-hydrogen) atoms. The van der Waals surface area contributed by atoms with E-state index in [1.807, 2.05) is 0 Å². The third-order valence-corrected chi connectivity index (χ3v) is 4.23. The zero-order valence-electron chi connectivity index (χ0n) is 13.2. The van der Waals surface area contributed by atoms with E-state index in [9.17, 15) is 0 Å². The minimum absolute atomic E-state index is 0.446. The van der Waals surface area contributed by atoms with Crippen molar-refractivity contribution in [3.8, 4) is 0 Å². The molecule has 112 valence electrons. The number of nitrogens with zero attached hydrogens (tertiary/aromatic N) is 2. The molecule has 0 aliphatic carbocycles. The van der Waals surface area contributed by atoms with E-state index in [1.54, 1.807) is 0 Å². The molecular formula is C17H29N3. The summed E-state index contributed by atoms with van der Waals surface area (Å²) < 4.78 is 0. The van der Waals surface area contributed by atoms with Crippen LogP contribution in [-0.4, -0.2) is 55.6 Å². The van der Waals surface area contributed by atoms with E-state index in [0.29, 0.717) is 12.1 Å². The minimum Gasteiger partial charge on any atom is -0.309 e. The van der Waals surface area contributed by atoms with Crippen molar-refractivity contribution in [2.45, 2.75) is 32.4 Å². The summed E-state index contributed by atoms with van der Waals surface area (Å²) in [5.41, 5.74) is 1.41. The van der Waals surface area contributed by atoms with Gasteiger partial charge in [0.05, 0.1) is 0 Å². The van der Waals surface area contributed by atoms with Crippen molar-refractivity contribution in [1.82, 2.24) is 15.1 Å². The fourth-order valence-corrected chi connectivity index (χ4v) is 2.97. The summed E-state index contributed by atoms with van der Waals surface area (Å²) in [6.45, 7) is 10.3. The maximum atomic E-state index is 3.71. The summed E-state index contributed by atoms with van der Waals surface area (Å²) in [6, 6.07) is 12.0. The highest BCUT2D eigenvalue weighted by Gasteiger charge is 2.24. The zero-order chi connectivity index (χ0) is 14.4. The lowest BCUT2D eigenvalue weighted by Crippen LogP contribution is -2.52. The molecule has 1 aromatic rings. The Bertz CT molecular complexity index is 379. The van der Waals surface area contributed by atoms with Gasteiger partial charge in [-0.05, 0) is 32.5 Å². The molecule has 2 atom stereocenters. The fraction of sp³-hybridized carbons (Fsp3) is 0.647. The number of rotatable bonds is 6. The first-order valence-electron chi connectivity index (χ1n) is 7.91. The second-order valence-corrected chi connectivity index (χ2v) is 6.02. The van der Waals surface area contributed by atoms with Crippen LogP contribution in [0.15, 0.2) is 30.3 Å². The van der Waals surface area contributed by atoms with Crippen LogP contribution in [-0.2, 0) is 0 Å². The van der Waals surface area contributed by atoms with Gasteiger partial charge >= 0.3 is 0 Å². The van der Waals surface area contributed by atoms with Crippen LogP contribution in [0.25, 0.3) is 0 Å². The topological polar surface area (TPSA) is 18.5 Å². The van der Waals surface area contributed by atoms with Crippen LogP contribution < -0.4 is 5.32 Å². The largest absolute Gasteiger partial charge is 0.309 e. The van der Waals surface area contributed by atoms with Crippen molar-refractivity contribution in [3.63, 3.8) is 0 Å². The molecule has 1 heterocycles. The van der Waals surface area contributed by atoms with E-state index >= 15 is 0 Å². The summed E-state index contributed by atoms with van der Waals surface area (Å²) in [7, 11) is 2.22. The van der Waals surface area contributed by atoms with Crippen LogP contribution in [0, 0.1) is 0 Å². The Labute approximate surface area is 124 Å². The van der Waals surface area contributed by atoms with Gasteiger partial charge in [-0.2, -0.15) is 0 Å². The molecule has 0 radical (unpaired) electrons. The second-order valence-electron chi connectivity index (χ2n) is 6.02. The van der Waals surface area contributed by atoms with Crippen molar-refractivity contribution in [1.29, 1.82) is 0 Å². The van der Waals surface area contributed by atoms with Crippen LogP contribution in [0.2, 0.25) is 0 Å². The second kappa shape index (κ2) is 7.77. The van der Waals surface area contributed by atoms with Crippen molar-refractivity contribution < 1.29 is 0 Å². The quantitative estimate of drug-likeness (QED) is 0.860. The standard InChI is InChI=1S/C17H29N3/c1-4-10-18-17(16-8-6-5-7-9-16)14-20-12-11-19(3)13-15(20)2/h5-9,15,17-18H,4,10-14H2,1-3H3. The lowest BCUT2D eigenvalue weighted by atomic mass is 10.0. The highest BCUT2D eigenvalue weighted by molar-refractivity contribution is 5.19. The Morgan fingerprint density at radius 1 is 1.25 bits per heavy atom. The van der Waals surface area contributed by atoms with Gasteiger partial charge in [0, 0.05) is 38.3 Å². The van der Waals surface area contributed by atoms with E-state index in [1.165, 1.54) is 31.6 Å². The molecule has 0 spiro atoms. The average Bonchev–Trinajstić information content (AvgIpc) is 2.46. The van der Waals surface area contributed by atoms with E-state index < -0.39 is 0 Å². The highest BCUT2D eigenvalue weighted by Crippen LogP contribution is 2.17. The van der Waals surface area contributed by atoms with Crippen LogP contribution in [0.4, 0.5) is 0 Å². The zero-order valence-corrected chi connectivity index (χ0v) is 13.2. The summed E-state index contributed by atoms with van der Waals surface area (Å²) >= 11 is 0. The molecule has 2 unspecified atom stereocenters. The Morgan fingerprint density at radius 2 is 2.00 bits per heavy atom. The molecule has 3 heteroatoms. The summed E-state index contributed by atoms with van der Waals surface area (Å²) in [4.78, 5) is 5.05. The molecule has 0 amide bonds. The summed E-state index contributed by atoms with van der Waals surface area (Å²) in [5, 5.41) is 3.71. The third-order valence-electron chi connectivity index (χ3n) is 4.23. The summed E-state index contributed by atoms with van der Waals surface area (Å²) in [6.07, 6.45) is 1.18. The predicted molar refractivity (Wildman–Crippen MR) is 86.0 cm³/mol. The SMILES string of the molecule is CCCNC(CN1CCN(C)CC1C)c1ccccc1. The number of nitrogens with one attached hydrogen (secondary N) is 1. The van der Waals surface area contributed by atoms with E-state index in [2.05, 4.69) is 66.3 Å². The maximum absolute atomic E-state index is 3.71. The van der Waals surface area contributed by atoms with Gasteiger partial charge in [0.15, 0.2) is 0 Å². The number of likely N-dealkylation sites (N-methyl/N-ethyl adjacent to an activating group) is 1. The first-order chi connectivity index (χ1) is 9.70. The molecule has 1 fully saturated rings. The van der Waals surface area contributed by atoms with Crippen LogP contribution in [0.1, 0.15) is 31.9 Å². The Balaban J connectivity index is 2.00. The minimum atomic E-state index is 0.446. The molecule has 0 bridgehead atoms. The lowest BCUT2D eigenvalue weighted by molar-refractivity contribution is 0.0904. The number of benzene rings is 1. The van der Waals surface area contributed by atoms with Gasteiger partial charge < -0.3 is 10.2 Å². The van der Waals surface area contributed by atoms with E-state index in [4.69, 9.17) is 0 Å². The monoisotopic (exact) mass is 275 g/mol. The number of hydrogen-bond donors (Lipinski definition) is 1. The van der Waals surface area contributed by atoms with Gasteiger partial charge in [0.1, 0.15) is 0 Å². The van der Waals surface area contributed by atoms with Gasteiger partial charge in [-0.3, -0.25) is 4.90 Å². The molecule has 1 aliphatic rings. The van der Waals surface area contributed by atoms with Crippen molar-refractivity contribution in [2.75, 3.05) is 39.8 Å². The smallest absolute Gasteiger partial charge is 0.0449 e. The molecule has 1 N–H and O–H groups in total. The predicted octanol–water partition coefficient (Wildman–Crippen LogP) is 2.36. The maximum Gasteiger partial charge on any atom is 0.0449 e. The summed E-state index contributed by atoms with van der Waals surface area (Å²) in [5.74, 6) is 0. The molecule has 3 nitrogen and oxygen atoms in total. The van der Waals surface area contributed by atoms with Crippen LogP contribution in [0.3, 0.4) is 0 Å². The Morgan fingerprint density at radius 3 is 2.65 bits per heavy atom. The van der Waals surface area contributed by atoms with Gasteiger partial charge in [-0.15, -0.1) is 0 Å². The average molecular weight is 275 g/mol. The van der Waals surface area contributed by atoms with E-state index in [0.717, 1.165) is 13.1 Å². The normalized spacial score (nSPS) is 22.9. The Hall–Kier alpha value is -0.900. The van der Waals surface area contributed by atoms with Crippen molar-refractivity contribution in [3.05, 3.63) is 35.9 Å². The van der Waals surface area contributed by atoms with Crippen LogP contribution >= 0.6 is 0 Å². The molecule has 1 saturated heterocycles. The first-order valence-corrected chi connectivity index (χ1v) is 7.91. The molecule has 0 saturated carbocycles. The van der Waals surface area contributed by atoms with Gasteiger partial charge in [0.25, 0.3) is 0 Å². The third kappa shape index (κ3) is 4.30. The van der Waals surface area contributed by atoms with Crippen LogP contribution in [0.5, 0.6) is 0 Å². The Kier molecular flexibility index (Phi) is 6.02. The van der Waals surface area contributed by atoms with Crippen molar-refractivity contribution >= 4 is 0 Å². The van der Waals surface area contributed by atoms with Crippen molar-refractivity contribution in [2.24, 2.45) is 0 Å². The lowest BCUT2D eigenvalue weighted by Gasteiger charge is -2.40. The molecule has 0 aromatic heterocycles. The number of piperazine rings is 1. The van der Waals surface area contributed by atoms with Gasteiger partial charge in [-0.25, -0.2) is 0 Å². The molecule has 1 aromatic carbocycles. The van der Waals surface area contributed by atoms with E-state index in [-0.39, 0.29) is 0 Å². The molecular weight excluding hydrogens is 246 g/mol. The van der Waals surface area contributed by atoms with Gasteiger partial charge in [0.2, 0.25) is 0 Å².